The molecule has 2 rings (SSSR count). The van der Waals surface area contributed by atoms with Gasteiger partial charge in [0.2, 0.25) is 5.91 Å². The SMILES string of the molecule is Cc1cccc(OCCCC(=O)Nc2ccc(CCC(=O)O)cc2)c1. The van der Waals surface area contributed by atoms with Crippen LogP contribution in [0.15, 0.2) is 48.5 Å². The topological polar surface area (TPSA) is 75.6 Å². The van der Waals surface area contributed by atoms with Crippen LogP contribution < -0.4 is 10.1 Å². The fraction of sp³-hybridized carbons (Fsp3) is 0.300. The maximum atomic E-state index is 11.9. The zero-order chi connectivity index (χ0) is 18.1. The number of amides is 1. The van der Waals surface area contributed by atoms with E-state index in [1.54, 1.807) is 12.1 Å². The van der Waals surface area contributed by atoms with Crippen molar-refractivity contribution < 1.29 is 19.4 Å². The van der Waals surface area contributed by atoms with E-state index >= 15 is 0 Å². The molecule has 0 atom stereocenters. The van der Waals surface area contributed by atoms with Crippen molar-refractivity contribution in [2.75, 3.05) is 11.9 Å². The zero-order valence-electron chi connectivity index (χ0n) is 14.3. The number of carbonyl (C=O) groups excluding carboxylic acids is 1. The van der Waals surface area contributed by atoms with E-state index in [0.29, 0.717) is 31.6 Å². The first-order chi connectivity index (χ1) is 12.0. The molecule has 25 heavy (non-hydrogen) atoms. The Morgan fingerprint density at radius 1 is 1.08 bits per heavy atom. The standard InChI is InChI=1S/C20H23NO4/c1-15-4-2-5-18(14-15)25-13-3-6-19(22)21-17-10-7-16(8-11-17)9-12-20(23)24/h2,4-5,7-8,10-11,14H,3,6,9,12-13H2,1H3,(H,21,22)(H,23,24). The summed E-state index contributed by atoms with van der Waals surface area (Å²) in [6.07, 6.45) is 1.61. The summed E-state index contributed by atoms with van der Waals surface area (Å²) in [6.45, 7) is 2.50. The number of aryl methyl sites for hydroxylation is 2. The van der Waals surface area contributed by atoms with Crippen molar-refractivity contribution in [1.29, 1.82) is 0 Å². The molecule has 0 aliphatic rings. The zero-order valence-corrected chi connectivity index (χ0v) is 14.3. The van der Waals surface area contributed by atoms with Crippen LogP contribution in [0, 0.1) is 6.92 Å². The van der Waals surface area contributed by atoms with Crippen molar-refractivity contribution in [2.24, 2.45) is 0 Å². The minimum Gasteiger partial charge on any atom is -0.494 e. The second kappa shape index (κ2) is 9.47. The highest BCUT2D eigenvalue weighted by molar-refractivity contribution is 5.90. The fourth-order valence-corrected chi connectivity index (χ4v) is 2.36. The summed E-state index contributed by atoms with van der Waals surface area (Å²) in [4.78, 5) is 22.5. The third-order valence-electron chi connectivity index (χ3n) is 3.67. The molecule has 0 unspecified atom stereocenters. The van der Waals surface area contributed by atoms with Gasteiger partial charge in [0.25, 0.3) is 0 Å². The summed E-state index contributed by atoms with van der Waals surface area (Å²) in [7, 11) is 0. The molecule has 2 aromatic rings. The average molecular weight is 341 g/mol. The second-order valence-corrected chi connectivity index (χ2v) is 5.91. The van der Waals surface area contributed by atoms with Crippen LogP contribution >= 0.6 is 0 Å². The molecule has 0 aliphatic heterocycles. The Balaban J connectivity index is 1.68. The molecule has 132 valence electrons. The molecule has 0 saturated carbocycles. The predicted octanol–water partition coefficient (Wildman–Crippen LogP) is 3.81. The molecule has 0 radical (unpaired) electrons. The van der Waals surface area contributed by atoms with Gasteiger partial charge in [-0.3, -0.25) is 9.59 Å². The molecule has 2 aromatic carbocycles. The van der Waals surface area contributed by atoms with Gasteiger partial charge < -0.3 is 15.2 Å². The number of anilines is 1. The highest BCUT2D eigenvalue weighted by Gasteiger charge is 2.04. The van der Waals surface area contributed by atoms with Crippen molar-refractivity contribution in [2.45, 2.75) is 32.6 Å². The van der Waals surface area contributed by atoms with Crippen LogP contribution in [-0.2, 0) is 16.0 Å². The number of carbonyl (C=O) groups is 2. The second-order valence-electron chi connectivity index (χ2n) is 5.91. The molecule has 0 fully saturated rings. The highest BCUT2D eigenvalue weighted by Crippen LogP contribution is 2.14. The molecule has 0 aromatic heterocycles. The maximum Gasteiger partial charge on any atom is 0.303 e. The summed E-state index contributed by atoms with van der Waals surface area (Å²) >= 11 is 0. The Bertz CT molecular complexity index is 710. The third kappa shape index (κ3) is 7.08. The smallest absolute Gasteiger partial charge is 0.303 e. The quantitative estimate of drug-likeness (QED) is 0.680. The molecule has 5 heteroatoms. The van der Waals surface area contributed by atoms with Crippen LogP contribution in [0.4, 0.5) is 5.69 Å². The van der Waals surface area contributed by atoms with E-state index in [1.165, 1.54) is 0 Å². The lowest BCUT2D eigenvalue weighted by Gasteiger charge is -2.08. The van der Waals surface area contributed by atoms with Gasteiger partial charge in [-0.1, -0.05) is 24.3 Å². The third-order valence-corrected chi connectivity index (χ3v) is 3.67. The first-order valence-corrected chi connectivity index (χ1v) is 8.33. The van der Waals surface area contributed by atoms with Gasteiger partial charge in [0, 0.05) is 18.5 Å². The Hall–Kier alpha value is -2.82. The van der Waals surface area contributed by atoms with Gasteiger partial charge in [-0.2, -0.15) is 0 Å². The van der Waals surface area contributed by atoms with E-state index < -0.39 is 5.97 Å². The number of ether oxygens (including phenoxy) is 1. The van der Waals surface area contributed by atoms with Gasteiger partial charge in [-0.05, 0) is 55.2 Å². The predicted molar refractivity (Wildman–Crippen MR) is 96.9 cm³/mol. The lowest BCUT2D eigenvalue weighted by atomic mass is 10.1. The number of rotatable bonds is 9. The molecule has 2 N–H and O–H groups in total. The number of nitrogens with one attached hydrogen (secondary N) is 1. The average Bonchev–Trinajstić information content (AvgIpc) is 2.58. The fourth-order valence-electron chi connectivity index (χ4n) is 2.36. The van der Waals surface area contributed by atoms with Gasteiger partial charge in [-0.15, -0.1) is 0 Å². The highest BCUT2D eigenvalue weighted by atomic mass is 16.5. The largest absolute Gasteiger partial charge is 0.494 e. The van der Waals surface area contributed by atoms with Crippen LogP contribution in [-0.4, -0.2) is 23.6 Å². The van der Waals surface area contributed by atoms with Crippen LogP contribution in [0.1, 0.15) is 30.4 Å². The van der Waals surface area contributed by atoms with Gasteiger partial charge in [0.05, 0.1) is 6.61 Å². The van der Waals surface area contributed by atoms with Crippen molar-refractivity contribution in [1.82, 2.24) is 0 Å². The van der Waals surface area contributed by atoms with E-state index in [9.17, 15) is 9.59 Å². The molecular formula is C20H23NO4. The Labute approximate surface area is 147 Å². The summed E-state index contributed by atoms with van der Waals surface area (Å²) in [5.74, 6) is -0.0613. The van der Waals surface area contributed by atoms with Crippen molar-refractivity contribution in [3.05, 3.63) is 59.7 Å². The van der Waals surface area contributed by atoms with Gasteiger partial charge in [0.15, 0.2) is 0 Å². The number of benzene rings is 2. The number of carboxylic acids is 1. The monoisotopic (exact) mass is 341 g/mol. The molecule has 1 amide bonds. The minimum atomic E-state index is -0.815. The van der Waals surface area contributed by atoms with Crippen molar-refractivity contribution in [3.63, 3.8) is 0 Å². The Morgan fingerprint density at radius 2 is 1.84 bits per heavy atom. The summed E-state index contributed by atoms with van der Waals surface area (Å²) in [5, 5.41) is 11.5. The van der Waals surface area contributed by atoms with E-state index in [2.05, 4.69) is 5.32 Å². The molecule has 0 saturated heterocycles. The lowest BCUT2D eigenvalue weighted by molar-refractivity contribution is -0.137. The molecular weight excluding hydrogens is 318 g/mol. The lowest BCUT2D eigenvalue weighted by Crippen LogP contribution is -2.12. The van der Waals surface area contributed by atoms with Gasteiger partial charge >= 0.3 is 5.97 Å². The van der Waals surface area contributed by atoms with E-state index in [0.717, 1.165) is 16.9 Å². The number of carboxylic acid groups (broad SMARTS) is 1. The molecule has 0 aliphatic carbocycles. The number of aliphatic carboxylic acids is 1. The minimum absolute atomic E-state index is 0.0638. The Morgan fingerprint density at radius 3 is 2.52 bits per heavy atom. The summed E-state index contributed by atoms with van der Waals surface area (Å²) in [5.41, 5.74) is 2.79. The summed E-state index contributed by atoms with van der Waals surface area (Å²) < 4.78 is 5.62. The van der Waals surface area contributed by atoms with E-state index in [1.807, 2.05) is 43.3 Å². The van der Waals surface area contributed by atoms with E-state index in [4.69, 9.17) is 9.84 Å². The number of hydrogen-bond acceptors (Lipinski definition) is 3. The molecule has 0 spiro atoms. The normalized spacial score (nSPS) is 10.3. The van der Waals surface area contributed by atoms with Crippen LogP contribution in [0.25, 0.3) is 0 Å². The van der Waals surface area contributed by atoms with Crippen LogP contribution in [0.3, 0.4) is 0 Å². The van der Waals surface area contributed by atoms with Crippen LogP contribution in [0.5, 0.6) is 5.75 Å². The molecule has 0 heterocycles. The first kappa shape index (κ1) is 18.5. The van der Waals surface area contributed by atoms with Gasteiger partial charge in [0.1, 0.15) is 5.75 Å². The first-order valence-electron chi connectivity index (χ1n) is 8.33. The van der Waals surface area contributed by atoms with Crippen LogP contribution in [0.2, 0.25) is 0 Å². The van der Waals surface area contributed by atoms with Crippen molar-refractivity contribution in [3.8, 4) is 5.75 Å². The van der Waals surface area contributed by atoms with E-state index in [-0.39, 0.29) is 12.3 Å². The summed E-state index contributed by atoms with van der Waals surface area (Å²) in [6, 6.07) is 15.1. The van der Waals surface area contributed by atoms with Crippen molar-refractivity contribution >= 4 is 17.6 Å². The maximum absolute atomic E-state index is 11.9. The van der Waals surface area contributed by atoms with Gasteiger partial charge in [-0.25, -0.2) is 0 Å². The Kier molecular flexibility index (Phi) is 7.01. The molecule has 5 nitrogen and oxygen atoms in total. The number of hydrogen-bond donors (Lipinski definition) is 2. The molecule has 0 bridgehead atoms.